The molecule has 9 heteroatoms. The van der Waals surface area contributed by atoms with E-state index in [1.807, 2.05) is 10.8 Å². The lowest BCUT2D eigenvalue weighted by Crippen LogP contribution is -2.50. The van der Waals surface area contributed by atoms with Crippen LogP contribution in [0.3, 0.4) is 0 Å². The van der Waals surface area contributed by atoms with Crippen molar-refractivity contribution < 1.29 is 14.6 Å². The highest BCUT2D eigenvalue weighted by Gasteiger charge is 2.33. The Kier molecular flexibility index (Phi) is 5.44. The van der Waals surface area contributed by atoms with Crippen molar-refractivity contribution in [1.29, 1.82) is 0 Å². The number of aromatic nitrogens is 4. The van der Waals surface area contributed by atoms with Crippen LogP contribution in [0.4, 0.5) is 4.79 Å². The van der Waals surface area contributed by atoms with E-state index >= 15 is 0 Å². The number of nitrogens with zero attached hydrogens (tertiary/aromatic N) is 6. The molecule has 0 aromatic heterocycles. The molecule has 0 aromatic rings. The van der Waals surface area contributed by atoms with Gasteiger partial charge in [0, 0.05) is 46.5 Å². The average molecular weight is 348 g/mol. The molecular weight excluding hydrogens is 324 g/mol. The molecule has 3 aliphatic heterocycles. The number of hydrogen-bond acceptors (Lipinski definition) is 6. The first-order chi connectivity index (χ1) is 12.1. The fourth-order valence-corrected chi connectivity index (χ4v) is 3.12. The van der Waals surface area contributed by atoms with Crippen molar-refractivity contribution in [3.63, 3.8) is 0 Å². The van der Waals surface area contributed by atoms with Crippen LogP contribution in [0, 0.1) is 0 Å². The summed E-state index contributed by atoms with van der Waals surface area (Å²) < 4.78 is 6.90. The van der Waals surface area contributed by atoms with Crippen LogP contribution in [0.5, 0.6) is 0 Å². The summed E-state index contributed by atoms with van der Waals surface area (Å²) in [4.78, 5) is 20.6. The highest BCUT2D eigenvalue weighted by molar-refractivity contribution is 5.74. The summed E-state index contributed by atoms with van der Waals surface area (Å²) >= 11 is 0. The van der Waals surface area contributed by atoms with Gasteiger partial charge in [-0.25, -0.2) is 9.78 Å². The number of urea groups is 1. The highest BCUT2D eigenvalue weighted by Crippen LogP contribution is 2.28. The lowest BCUT2D eigenvalue weighted by molar-refractivity contribution is 0.0224. The number of fused-ring (bicyclic) bond motifs is 1. The largest absolute Gasteiger partial charge is 0.393 e. The van der Waals surface area contributed by atoms with Gasteiger partial charge < -0.3 is 24.2 Å². The van der Waals surface area contributed by atoms with E-state index in [2.05, 4.69) is 15.2 Å². The Balaban J connectivity index is 1.79. The van der Waals surface area contributed by atoms with Gasteiger partial charge in [-0.2, -0.15) is 5.10 Å². The second kappa shape index (κ2) is 7.75. The SMILES string of the molecule is COCCCN(C)C(=O)N1CCC(O)CC1n1cnc2nncc-2c1. The third kappa shape index (κ3) is 3.88. The molecule has 3 heterocycles. The minimum atomic E-state index is -0.438. The summed E-state index contributed by atoms with van der Waals surface area (Å²) in [6.45, 7) is 1.74. The molecule has 9 nitrogen and oxygen atoms in total. The molecule has 0 saturated carbocycles. The Morgan fingerprint density at radius 1 is 1.52 bits per heavy atom. The van der Waals surface area contributed by atoms with Crippen molar-refractivity contribution in [3.8, 4) is 11.4 Å². The van der Waals surface area contributed by atoms with E-state index in [0.29, 0.717) is 38.4 Å². The summed E-state index contributed by atoms with van der Waals surface area (Å²) in [5, 5.41) is 17.9. The Hall–Kier alpha value is -2.26. The van der Waals surface area contributed by atoms with E-state index in [0.717, 1.165) is 12.0 Å². The summed E-state index contributed by atoms with van der Waals surface area (Å²) in [5.74, 6) is 0.571. The van der Waals surface area contributed by atoms with Gasteiger partial charge in [0.15, 0.2) is 5.82 Å². The monoisotopic (exact) mass is 348 g/mol. The predicted octanol–water partition coefficient (Wildman–Crippen LogP) is 0.821. The molecule has 3 aliphatic rings. The van der Waals surface area contributed by atoms with Gasteiger partial charge in [0.2, 0.25) is 0 Å². The van der Waals surface area contributed by atoms with Gasteiger partial charge in [-0.15, -0.1) is 5.10 Å². The first kappa shape index (κ1) is 17.6. The van der Waals surface area contributed by atoms with E-state index in [1.54, 1.807) is 36.5 Å². The van der Waals surface area contributed by atoms with Crippen LogP contribution in [0.25, 0.3) is 11.4 Å². The molecule has 0 spiro atoms. The van der Waals surface area contributed by atoms with Crippen molar-refractivity contribution in [3.05, 3.63) is 18.7 Å². The van der Waals surface area contributed by atoms with Crippen molar-refractivity contribution in [2.45, 2.75) is 31.5 Å². The lowest BCUT2D eigenvalue weighted by Gasteiger charge is -2.40. The maximum Gasteiger partial charge on any atom is 0.321 e. The van der Waals surface area contributed by atoms with Crippen LogP contribution in [-0.4, -0.2) is 80.6 Å². The number of ether oxygens (including phenoxy) is 1. The molecule has 2 unspecified atom stereocenters. The van der Waals surface area contributed by atoms with Crippen molar-refractivity contribution in [1.82, 2.24) is 29.5 Å². The number of methoxy groups -OCH3 is 1. The number of aliphatic hydroxyl groups is 1. The normalized spacial score (nSPS) is 20.8. The van der Waals surface area contributed by atoms with Crippen LogP contribution in [-0.2, 0) is 4.74 Å². The van der Waals surface area contributed by atoms with Gasteiger partial charge in [0.05, 0.1) is 24.2 Å². The number of aliphatic hydroxyl groups excluding tert-OH is 1. The zero-order valence-corrected chi connectivity index (χ0v) is 14.6. The second-order valence-electron chi connectivity index (χ2n) is 6.35. The Labute approximate surface area is 146 Å². The molecule has 2 amide bonds. The van der Waals surface area contributed by atoms with E-state index < -0.39 is 6.10 Å². The zero-order valence-electron chi connectivity index (χ0n) is 14.6. The maximum absolute atomic E-state index is 12.9. The van der Waals surface area contributed by atoms with Crippen LogP contribution >= 0.6 is 0 Å². The topological polar surface area (TPSA) is 96.6 Å². The van der Waals surface area contributed by atoms with Gasteiger partial charge in [-0.05, 0) is 12.8 Å². The molecule has 0 radical (unpaired) electrons. The summed E-state index contributed by atoms with van der Waals surface area (Å²) in [6, 6.07) is -0.0562. The van der Waals surface area contributed by atoms with Crippen LogP contribution in [0.1, 0.15) is 25.4 Å². The van der Waals surface area contributed by atoms with E-state index in [-0.39, 0.29) is 12.2 Å². The minimum Gasteiger partial charge on any atom is -0.393 e. The molecule has 1 fully saturated rings. The summed E-state index contributed by atoms with van der Waals surface area (Å²) in [5.41, 5.74) is 0.809. The smallest absolute Gasteiger partial charge is 0.321 e. The Morgan fingerprint density at radius 2 is 2.36 bits per heavy atom. The number of rotatable bonds is 5. The molecule has 0 bridgehead atoms. The Morgan fingerprint density at radius 3 is 3.16 bits per heavy atom. The predicted molar refractivity (Wildman–Crippen MR) is 89.9 cm³/mol. The fourth-order valence-electron chi connectivity index (χ4n) is 3.12. The van der Waals surface area contributed by atoms with Gasteiger partial charge in [-0.1, -0.05) is 0 Å². The van der Waals surface area contributed by atoms with E-state index in [4.69, 9.17) is 4.74 Å². The molecule has 0 aromatic carbocycles. The molecular formula is C16H24N6O3. The molecule has 2 atom stereocenters. The quantitative estimate of drug-likeness (QED) is 0.804. The molecule has 1 N–H and O–H groups in total. The van der Waals surface area contributed by atoms with Gasteiger partial charge in [-0.3, -0.25) is 0 Å². The number of piperidine rings is 1. The molecule has 25 heavy (non-hydrogen) atoms. The molecule has 136 valence electrons. The molecule has 3 rings (SSSR count). The Bertz CT molecular complexity index is 678. The van der Waals surface area contributed by atoms with Crippen molar-refractivity contribution in [2.24, 2.45) is 0 Å². The number of likely N-dealkylation sites (tertiary alicyclic amines) is 1. The first-order valence-electron chi connectivity index (χ1n) is 8.43. The third-order valence-electron chi connectivity index (χ3n) is 4.51. The van der Waals surface area contributed by atoms with E-state index in [9.17, 15) is 9.90 Å². The maximum atomic E-state index is 12.9. The molecule has 1 saturated heterocycles. The number of carbonyl (C=O) groups excluding carboxylic acids is 1. The highest BCUT2D eigenvalue weighted by atomic mass is 16.5. The van der Waals surface area contributed by atoms with Gasteiger partial charge in [0.25, 0.3) is 0 Å². The number of carbonyl (C=O) groups is 1. The fraction of sp³-hybridized carbons (Fsp3) is 0.625. The third-order valence-corrected chi connectivity index (χ3v) is 4.51. The summed E-state index contributed by atoms with van der Waals surface area (Å²) in [7, 11) is 3.44. The zero-order chi connectivity index (χ0) is 17.8. The van der Waals surface area contributed by atoms with Crippen LogP contribution in [0.15, 0.2) is 18.7 Å². The van der Waals surface area contributed by atoms with Gasteiger partial charge >= 0.3 is 6.03 Å². The summed E-state index contributed by atoms with van der Waals surface area (Å²) in [6.07, 6.45) is 6.26. The van der Waals surface area contributed by atoms with Crippen LogP contribution in [0.2, 0.25) is 0 Å². The minimum absolute atomic E-state index is 0.0562. The second-order valence-corrected chi connectivity index (χ2v) is 6.35. The van der Waals surface area contributed by atoms with Crippen LogP contribution < -0.4 is 0 Å². The van der Waals surface area contributed by atoms with Gasteiger partial charge in [0.1, 0.15) is 6.17 Å². The lowest BCUT2D eigenvalue weighted by atomic mass is 10.0. The first-order valence-corrected chi connectivity index (χ1v) is 8.43. The van der Waals surface area contributed by atoms with Crippen molar-refractivity contribution >= 4 is 6.03 Å². The van der Waals surface area contributed by atoms with E-state index in [1.165, 1.54) is 0 Å². The number of amides is 2. The average Bonchev–Trinajstić information content (AvgIpc) is 3.09. The molecule has 0 aliphatic carbocycles. The van der Waals surface area contributed by atoms with Crippen molar-refractivity contribution in [2.75, 3.05) is 33.9 Å². The standard InChI is InChI=1S/C16H24N6O3/c1-20(5-3-7-25-2)16(24)22-6-4-13(23)8-14(22)21-10-12-9-18-19-15(12)17-11-21/h9-11,13-14,23H,3-8H2,1-2H3. The number of hydrogen-bond donors (Lipinski definition) is 1.